The smallest absolute Gasteiger partial charge is 0.329 e. The molecule has 0 bridgehead atoms. The van der Waals surface area contributed by atoms with Crippen LogP contribution in [0.4, 0.5) is 0 Å². The Morgan fingerprint density at radius 2 is 1.92 bits per heavy atom. The maximum absolute atomic E-state index is 10.1. The van der Waals surface area contributed by atoms with E-state index >= 15 is 0 Å². The van der Waals surface area contributed by atoms with Crippen molar-refractivity contribution in [3.63, 3.8) is 0 Å². The van der Waals surface area contributed by atoms with E-state index in [-0.39, 0.29) is 6.61 Å². The van der Waals surface area contributed by atoms with Crippen LogP contribution in [0.25, 0.3) is 0 Å². The summed E-state index contributed by atoms with van der Waals surface area (Å²) in [6.07, 6.45) is 3.38. The first kappa shape index (κ1) is 21.8. The van der Waals surface area contributed by atoms with E-state index in [2.05, 4.69) is 24.9 Å². The third-order valence-electron chi connectivity index (χ3n) is 4.58. The summed E-state index contributed by atoms with van der Waals surface area (Å²) in [5.41, 5.74) is 3.54. The van der Waals surface area contributed by atoms with E-state index in [0.29, 0.717) is 6.61 Å². The van der Waals surface area contributed by atoms with E-state index < -0.39 is 5.97 Å². The van der Waals surface area contributed by atoms with E-state index in [4.69, 9.17) is 14.6 Å². The molecule has 1 fully saturated rings. The number of nitrogens with one attached hydrogen (secondary N) is 1. The van der Waals surface area contributed by atoms with Crippen LogP contribution in [0.3, 0.4) is 0 Å². The number of piperidine rings is 1. The van der Waals surface area contributed by atoms with Gasteiger partial charge in [-0.15, -0.1) is 12.6 Å². The number of carboxylic acids is 1. The number of aliphatic carboxylic acids is 1. The highest BCUT2D eigenvalue weighted by Crippen LogP contribution is 2.29. The van der Waals surface area contributed by atoms with Crippen molar-refractivity contribution >= 4 is 18.6 Å². The molecule has 142 valence electrons. The van der Waals surface area contributed by atoms with E-state index in [1.54, 1.807) is 7.11 Å². The van der Waals surface area contributed by atoms with Crippen LogP contribution < -0.4 is 10.1 Å². The van der Waals surface area contributed by atoms with Crippen molar-refractivity contribution in [3.05, 3.63) is 22.8 Å². The van der Waals surface area contributed by atoms with Gasteiger partial charge in [0, 0.05) is 11.5 Å². The molecule has 1 aliphatic rings. The third-order valence-corrected chi connectivity index (χ3v) is 5.27. The Morgan fingerprint density at radius 1 is 1.28 bits per heavy atom. The highest BCUT2D eigenvalue weighted by atomic mass is 32.1. The Bertz CT molecular complexity index is 557. The molecule has 5 nitrogen and oxygen atoms in total. The van der Waals surface area contributed by atoms with Crippen molar-refractivity contribution in [2.45, 2.75) is 44.9 Å². The minimum absolute atomic E-state index is 0.162. The molecule has 0 atom stereocenters. The summed E-state index contributed by atoms with van der Waals surface area (Å²) >= 11 is 4.41. The summed E-state index contributed by atoms with van der Waals surface area (Å²) in [6, 6.07) is 2.02. The Hall–Kier alpha value is -1.24. The summed E-state index contributed by atoms with van der Waals surface area (Å²) in [4.78, 5) is 11.2. The number of carbonyl (C=O) groups is 1. The van der Waals surface area contributed by atoms with Crippen molar-refractivity contribution in [3.8, 4) is 5.75 Å². The molecule has 1 heterocycles. The van der Waals surface area contributed by atoms with Gasteiger partial charge in [0.05, 0.1) is 7.11 Å². The molecule has 0 spiro atoms. The Kier molecular flexibility index (Phi) is 9.93. The fourth-order valence-electron chi connectivity index (χ4n) is 2.82. The van der Waals surface area contributed by atoms with Crippen LogP contribution in [0.1, 0.15) is 36.0 Å². The fraction of sp³-hybridized carbons (Fsp3) is 0.632. The van der Waals surface area contributed by atoms with Crippen molar-refractivity contribution in [2.24, 2.45) is 5.92 Å². The number of methoxy groups -OCH3 is 1. The predicted molar refractivity (Wildman–Crippen MR) is 103 cm³/mol. The highest BCUT2D eigenvalue weighted by molar-refractivity contribution is 7.80. The molecule has 0 aliphatic carbocycles. The standard InChI is InChI=1S/C10H14OS.C9H17NO3/c1-6-5-9(11-4)7(2)8(3)10(6)12;11-9(12)7-13-6-3-8-1-4-10-5-2-8/h5,12H,1-4H3;8,10H,1-7H2,(H,11,12). The lowest BCUT2D eigenvalue weighted by Gasteiger charge is -2.22. The molecule has 0 radical (unpaired) electrons. The summed E-state index contributed by atoms with van der Waals surface area (Å²) < 4.78 is 10.2. The molecule has 1 aromatic rings. The van der Waals surface area contributed by atoms with Crippen LogP contribution in [0.2, 0.25) is 0 Å². The van der Waals surface area contributed by atoms with Gasteiger partial charge in [0.15, 0.2) is 0 Å². The quantitative estimate of drug-likeness (QED) is 0.530. The van der Waals surface area contributed by atoms with Crippen molar-refractivity contribution in [2.75, 3.05) is 33.4 Å². The first-order valence-corrected chi connectivity index (χ1v) is 9.15. The van der Waals surface area contributed by atoms with Crippen LogP contribution in [-0.4, -0.2) is 44.5 Å². The molecule has 1 aliphatic heterocycles. The van der Waals surface area contributed by atoms with Gasteiger partial charge in [-0.3, -0.25) is 0 Å². The third kappa shape index (κ3) is 7.67. The normalized spacial score (nSPS) is 14.6. The Balaban J connectivity index is 0.000000251. The van der Waals surface area contributed by atoms with Gasteiger partial charge in [0.2, 0.25) is 0 Å². The Morgan fingerprint density at radius 3 is 2.48 bits per heavy atom. The van der Waals surface area contributed by atoms with Crippen LogP contribution >= 0.6 is 12.6 Å². The lowest BCUT2D eigenvalue weighted by Crippen LogP contribution is -2.28. The zero-order valence-corrected chi connectivity index (χ0v) is 16.6. The first-order chi connectivity index (χ1) is 11.9. The zero-order valence-electron chi connectivity index (χ0n) is 15.7. The minimum atomic E-state index is -0.884. The molecule has 1 saturated heterocycles. The number of hydrogen-bond donors (Lipinski definition) is 3. The molecule has 2 rings (SSSR count). The molecule has 0 aromatic heterocycles. The summed E-state index contributed by atoms with van der Waals surface area (Å²) in [5, 5.41) is 11.6. The maximum atomic E-state index is 10.1. The summed E-state index contributed by atoms with van der Waals surface area (Å²) in [7, 11) is 1.69. The van der Waals surface area contributed by atoms with Crippen molar-refractivity contribution < 1.29 is 19.4 Å². The second-order valence-electron chi connectivity index (χ2n) is 6.42. The fourth-order valence-corrected chi connectivity index (χ4v) is 3.06. The van der Waals surface area contributed by atoms with Gasteiger partial charge in [-0.2, -0.15) is 0 Å². The second-order valence-corrected chi connectivity index (χ2v) is 6.87. The van der Waals surface area contributed by atoms with Gasteiger partial charge in [0.25, 0.3) is 0 Å². The lowest BCUT2D eigenvalue weighted by atomic mass is 9.95. The molecule has 1 aromatic carbocycles. The first-order valence-electron chi connectivity index (χ1n) is 8.70. The molecular formula is C19H31NO4S. The summed E-state index contributed by atoms with van der Waals surface area (Å²) in [5.74, 6) is 0.781. The number of thiol groups is 1. The van der Waals surface area contributed by atoms with Gasteiger partial charge >= 0.3 is 5.97 Å². The van der Waals surface area contributed by atoms with Gasteiger partial charge < -0.3 is 19.9 Å². The van der Waals surface area contributed by atoms with E-state index in [1.807, 2.05) is 19.9 Å². The van der Waals surface area contributed by atoms with Crippen molar-refractivity contribution in [1.29, 1.82) is 0 Å². The van der Waals surface area contributed by atoms with Gasteiger partial charge in [0.1, 0.15) is 12.4 Å². The highest BCUT2D eigenvalue weighted by Gasteiger charge is 2.12. The van der Waals surface area contributed by atoms with Crippen LogP contribution in [0, 0.1) is 26.7 Å². The lowest BCUT2D eigenvalue weighted by molar-refractivity contribution is -0.142. The second kappa shape index (κ2) is 11.4. The minimum Gasteiger partial charge on any atom is -0.496 e. The molecule has 6 heteroatoms. The number of rotatable bonds is 6. The topological polar surface area (TPSA) is 67.8 Å². The Labute approximate surface area is 156 Å². The van der Waals surface area contributed by atoms with E-state index in [0.717, 1.165) is 36.1 Å². The van der Waals surface area contributed by atoms with E-state index in [1.165, 1.54) is 29.5 Å². The number of ether oxygens (including phenoxy) is 2. The molecule has 25 heavy (non-hydrogen) atoms. The monoisotopic (exact) mass is 369 g/mol. The van der Waals surface area contributed by atoms with Gasteiger partial charge in [-0.05, 0) is 81.8 Å². The predicted octanol–water partition coefficient (Wildman–Crippen LogP) is 3.39. The van der Waals surface area contributed by atoms with Gasteiger partial charge in [-0.1, -0.05) is 0 Å². The maximum Gasteiger partial charge on any atom is 0.329 e. The van der Waals surface area contributed by atoms with Crippen LogP contribution in [0.15, 0.2) is 11.0 Å². The summed E-state index contributed by atoms with van der Waals surface area (Å²) in [6.45, 7) is 8.74. The van der Waals surface area contributed by atoms with Crippen molar-refractivity contribution in [1.82, 2.24) is 5.32 Å². The van der Waals surface area contributed by atoms with E-state index in [9.17, 15) is 4.79 Å². The zero-order chi connectivity index (χ0) is 18.8. The molecular weight excluding hydrogens is 338 g/mol. The number of aryl methyl sites for hydroxylation is 1. The number of hydrogen-bond acceptors (Lipinski definition) is 5. The van der Waals surface area contributed by atoms with Gasteiger partial charge in [-0.25, -0.2) is 4.79 Å². The van der Waals surface area contributed by atoms with Crippen LogP contribution in [0.5, 0.6) is 5.75 Å². The SMILES string of the molecule is COc1cc(C)c(S)c(C)c1C.O=C(O)COCCC1CCNCC1. The van der Waals surface area contributed by atoms with Crippen LogP contribution in [-0.2, 0) is 9.53 Å². The number of carboxylic acid groups (broad SMARTS) is 1. The number of benzene rings is 1. The molecule has 2 N–H and O–H groups in total. The molecule has 0 saturated carbocycles. The average Bonchev–Trinajstić information content (AvgIpc) is 2.61. The largest absolute Gasteiger partial charge is 0.496 e. The molecule has 0 unspecified atom stereocenters. The average molecular weight is 370 g/mol. The molecule has 0 amide bonds.